The van der Waals surface area contributed by atoms with Crippen LogP contribution in [0.5, 0.6) is 0 Å². The van der Waals surface area contributed by atoms with Gasteiger partial charge in [-0.3, -0.25) is 9.59 Å². The molecule has 0 aliphatic carbocycles. The van der Waals surface area contributed by atoms with Crippen molar-refractivity contribution in [2.45, 2.75) is 25.3 Å². The summed E-state index contributed by atoms with van der Waals surface area (Å²) in [7, 11) is 0. The van der Waals surface area contributed by atoms with Crippen LogP contribution in [0.4, 0.5) is 0 Å². The molecule has 1 aromatic carbocycles. The van der Waals surface area contributed by atoms with E-state index in [2.05, 4.69) is 0 Å². The van der Waals surface area contributed by atoms with Crippen LogP contribution >= 0.6 is 0 Å². The van der Waals surface area contributed by atoms with Crippen molar-refractivity contribution in [1.82, 2.24) is 0 Å². The molecule has 0 saturated carbocycles. The molecule has 4 N–H and O–H groups in total. The van der Waals surface area contributed by atoms with Gasteiger partial charge in [-0.05, 0) is 18.4 Å². The number of primary amides is 1. The van der Waals surface area contributed by atoms with Gasteiger partial charge in [0.05, 0.1) is 13.0 Å². The molecule has 98 valence electrons. The zero-order valence-electron chi connectivity index (χ0n) is 10.2. The third kappa shape index (κ3) is 5.45. The molecule has 0 spiro atoms. The molecule has 0 radical (unpaired) electrons. The summed E-state index contributed by atoms with van der Waals surface area (Å²) in [5.41, 5.74) is 11.6. The van der Waals surface area contributed by atoms with Crippen molar-refractivity contribution in [3.05, 3.63) is 35.9 Å². The van der Waals surface area contributed by atoms with Gasteiger partial charge in [0.1, 0.15) is 6.04 Å². The SMILES string of the molecule is NC(=O)C[C@H](N)C(=O)OCCCc1ccccc1. The number of carbonyl (C=O) groups excluding carboxylic acids is 2. The summed E-state index contributed by atoms with van der Waals surface area (Å²) in [5.74, 6) is -1.19. The fourth-order valence-corrected chi connectivity index (χ4v) is 1.50. The second kappa shape index (κ2) is 7.45. The van der Waals surface area contributed by atoms with Crippen LogP contribution in [0.3, 0.4) is 0 Å². The van der Waals surface area contributed by atoms with E-state index < -0.39 is 17.9 Å². The number of aryl methyl sites for hydroxylation is 1. The average Bonchev–Trinajstić information content (AvgIpc) is 2.34. The molecule has 1 aromatic rings. The van der Waals surface area contributed by atoms with Gasteiger partial charge < -0.3 is 16.2 Å². The molecule has 5 nitrogen and oxygen atoms in total. The molecule has 0 aliphatic heterocycles. The number of benzene rings is 1. The van der Waals surface area contributed by atoms with Crippen LogP contribution in [0.2, 0.25) is 0 Å². The van der Waals surface area contributed by atoms with E-state index in [-0.39, 0.29) is 6.42 Å². The number of ether oxygens (including phenoxy) is 1. The Bertz CT molecular complexity index is 392. The highest BCUT2D eigenvalue weighted by atomic mass is 16.5. The van der Waals surface area contributed by atoms with Gasteiger partial charge in [-0.1, -0.05) is 30.3 Å². The molecule has 0 fully saturated rings. The lowest BCUT2D eigenvalue weighted by Crippen LogP contribution is -2.36. The maximum atomic E-state index is 11.3. The Morgan fingerprint density at radius 2 is 1.89 bits per heavy atom. The molecule has 0 aliphatic rings. The Balaban J connectivity index is 2.18. The molecule has 5 heteroatoms. The van der Waals surface area contributed by atoms with Crippen LogP contribution < -0.4 is 11.5 Å². The van der Waals surface area contributed by atoms with Crippen molar-refractivity contribution in [3.8, 4) is 0 Å². The zero-order chi connectivity index (χ0) is 13.4. The fourth-order valence-electron chi connectivity index (χ4n) is 1.50. The summed E-state index contributed by atoms with van der Waals surface area (Å²) < 4.78 is 4.95. The smallest absolute Gasteiger partial charge is 0.323 e. The van der Waals surface area contributed by atoms with Gasteiger partial charge in [0.15, 0.2) is 0 Å². The second-order valence-electron chi connectivity index (χ2n) is 4.03. The fraction of sp³-hybridized carbons (Fsp3) is 0.385. The number of nitrogens with two attached hydrogens (primary N) is 2. The van der Waals surface area contributed by atoms with Gasteiger partial charge >= 0.3 is 5.97 Å². The van der Waals surface area contributed by atoms with Crippen LogP contribution in [-0.4, -0.2) is 24.5 Å². The van der Waals surface area contributed by atoms with Crippen LogP contribution in [0.15, 0.2) is 30.3 Å². The third-order valence-electron chi connectivity index (χ3n) is 2.42. The quantitative estimate of drug-likeness (QED) is 0.539. The topological polar surface area (TPSA) is 95.4 Å². The molecule has 1 rings (SSSR count). The summed E-state index contributed by atoms with van der Waals surface area (Å²) in [6.07, 6.45) is 1.37. The summed E-state index contributed by atoms with van der Waals surface area (Å²) >= 11 is 0. The summed E-state index contributed by atoms with van der Waals surface area (Å²) in [6.45, 7) is 0.292. The van der Waals surface area contributed by atoms with Crippen molar-refractivity contribution in [2.75, 3.05) is 6.61 Å². The molecular weight excluding hydrogens is 232 g/mol. The Morgan fingerprint density at radius 3 is 2.50 bits per heavy atom. The maximum Gasteiger partial charge on any atom is 0.323 e. The number of carbonyl (C=O) groups is 2. The molecule has 0 aromatic heterocycles. The number of amides is 1. The van der Waals surface area contributed by atoms with Gasteiger partial charge in [-0.15, -0.1) is 0 Å². The molecular formula is C13H18N2O3. The van der Waals surface area contributed by atoms with E-state index in [1.165, 1.54) is 5.56 Å². The van der Waals surface area contributed by atoms with Crippen molar-refractivity contribution >= 4 is 11.9 Å². The minimum Gasteiger partial charge on any atom is -0.465 e. The Morgan fingerprint density at radius 1 is 1.22 bits per heavy atom. The normalized spacial score (nSPS) is 11.8. The van der Waals surface area contributed by atoms with Gasteiger partial charge in [0, 0.05) is 0 Å². The lowest BCUT2D eigenvalue weighted by atomic mass is 10.1. The van der Waals surface area contributed by atoms with E-state index in [9.17, 15) is 9.59 Å². The van der Waals surface area contributed by atoms with Crippen LogP contribution in [0, 0.1) is 0 Å². The van der Waals surface area contributed by atoms with Crippen LogP contribution in [-0.2, 0) is 20.7 Å². The highest BCUT2D eigenvalue weighted by molar-refractivity contribution is 5.84. The van der Waals surface area contributed by atoms with E-state index in [1.54, 1.807) is 0 Å². The van der Waals surface area contributed by atoms with Crippen LogP contribution in [0.1, 0.15) is 18.4 Å². The summed E-state index contributed by atoms with van der Waals surface area (Å²) in [4.78, 5) is 21.9. The summed E-state index contributed by atoms with van der Waals surface area (Å²) in [6, 6.07) is 8.95. The second-order valence-corrected chi connectivity index (χ2v) is 4.03. The molecule has 0 saturated heterocycles. The van der Waals surface area contributed by atoms with Gasteiger partial charge in [0.25, 0.3) is 0 Å². The van der Waals surface area contributed by atoms with Crippen molar-refractivity contribution < 1.29 is 14.3 Å². The minimum atomic E-state index is -0.959. The maximum absolute atomic E-state index is 11.3. The molecule has 0 heterocycles. The first-order chi connectivity index (χ1) is 8.59. The molecule has 0 unspecified atom stereocenters. The monoisotopic (exact) mass is 250 g/mol. The first kappa shape index (κ1) is 14.2. The predicted octanol–water partition coefficient (Wildman–Crippen LogP) is 0.365. The minimum absolute atomic E-state index is 0.183. The van der Waals surface area contributed by atoms with Crippen LogP contribution in [0.25, 0.3) is 0 Å². The van der Waals surface area contributed by atoms with E-state index >= 15 is 0 Å². The number of hydrogen-bond acceptors (Lipinski definition) is 4. The number of rotatable bonds is 7. The number of esters is 1. The Labute approximate surface area is 106 Å². The lowest BCUT2D eigenvalue weighted by Gasteiger charge is -2.09. The van der Waals surface area contributed by atoms with E-state index in [1.807, 2.05) is 30.3 Å². The van der Waals surface area contributed by atoms with E-state index in [0.717, 1.165) is 12.8 Å². The highest BCUT2D eigenvalue weighted by Crippen LogP contribution is 2.02. The first-order valence-electron chi connectivity index (χ1n) is 5.84. The molecule has 18 heavy (non-hydrogen) atoms. The van der Waals surface area contributed by atoms with Gasteiger partial charge in [0.2, 0.25) is 5.91 Å². The average molecular weight is 250 g/mol. The molecule has 0 bridgehead atoms. The van der Waals surface area contributed by atoms with E-state index in [4.69, 9.17) is 16.2 Å². The number of hydrogen-bond donors (Lipinski definition) is 2. The van der Waals surface area contributed by atoms with Crippen molar-refractivity contribution in [1.29, 1.82) is 0 Å². The molecule has 1 atom stereocenters. The Kier molecular flexibility index (Phi) is 5.87. The first-order valence-corrected chi connectivity index (χ1v) is 5.84. The highest BCUT2D eigenvalue weighted by Gasteiger charge is 2.16. The predicted molar refractivity (Wildman–Crippen MR) is 67.5 cm³/mol. The lowest BCUT2D eigenvalue weighted by molar-refractivity contribution is -0.146. The Hall–Kier alpha value is -1.88. The third-order valence-corrected chi connectivity index (χ3v) is 2.42. The largest absolute Gasteiger partial charge is 0.465 e. The van der Waals surface area contributed by atoms with Crippen molar-refractivity contribution in [2.24, 2.45) is 11.5 Å². The van der Waals surface area contributed by atoms with Gasteiger partial charge in [-0.25, -0.2) is 0 Å². The van der Waals surface area contributed by atoms with Gasteiger partial charge in [-0.2, -0.15) is 0 Å². The van der Waals surface area contributed by atoms with E-state index in [0.29, 0.717) is 6.61 Å². The molecule has 1 amide bonds. The zero-order valence-corrected chi connectivity index (χ0v) is 10.2. The van der Waals surface area contributed by atoms with Crippen molar-refractivity contribution in [3.63, 3.8) is 0 Å². The summed E-state index contributed by atoms with van der Waals surface area (Å²) in [5, 5.41) is 0. The standard InChI is InChI=1S/C13H18N2O3/c14-11(9-12(15)16)13(17)18-8-4-7-10-5-2-1-3-6-10/h1-3,5-6,11H,4,7-9,14H2,(H2,15,16)/t11-/m0/s1.